The SMILES string of the molecule is CCC(C)(C)NC(=O)C(c1cccs1)N(C(=O)c1csnn1)c1c(C)cccc1C. The van der Waals surface area contributed by atoms with Crippen LogP contribution in [0.25, 0.3) is 0 Å². The lowest BCUT2D eigenvalue weighted by Gasteiger charge is -2.35. The number of benzene rings is 1. The number of carbonyl (C=O) groups excluding carboxylic acids is 2. The van der Waals surface area contributed by atoms with Gasteiger partial charge < -0.3 is 5.32 Å². The predicted molar refractivity (Wildman–Crippen MR) is 122 cm³/mol. The van der Waals surface area contributed by atoms with Gasteiger partial charge in [0, 0.05) is 15.8 Å². The quantitative estimate of drug-likeness (QED) is 0.564. The number of anilines is 1. The Morgan fingerprint density at radius 3 is 2.40 bits per heavy atom. The van der Waals surface area contributed by atoms with Crippen molar-refractivity contribution in [2.24, 2.45) is 0 Å². The summed E-state index contributed by atoms with van der Waals surface area (Å²) >= 11 is 2.57. The van der Waals surface area contributed by atoms with E-state index < -0.39 is 11.6 Å². The number of amides is 2. The highest BCUT2D eigenvalue weighted by Gasteiger charge is 2.38. The Morgan fingerprint density at radius 2 is 1.87 bits per heavy atom. The molecule has 0 aliphatic rings. The zero-order valence-corrected chi connectivity index (χ0v) is 19.4. The van der Waals surface area contributed by atoms with Gasteiger partial charge in [-0.05, 0) is 68.2 Å². The van der Waals surface area contributed by atoms with Crippen LogP contribution in [0.15, 0.2) is 41.1 Å². The third-order valence-electron chi connectivity index (χ3n) is 5.14. The first-order chi connectivity index (χ1) is 14.2. The molecule has 0 bridgehead atoms. The lowest BCUT2D eigenvalue weighted by Crippen LogP contribution is -2.50. The molecule has 1 atom stereocenters. The van der Waals surface area contributed by atoms with E-state index in [9.17, 15) is 9.59 Å². The van der Waals surface area contributed by atoms with Crippen molar-refractivity contribution in [2.45, 2.75) is 52.6 Å². The van der Waals surface area contributed by atoms with Crippen molar-refractivity contribution in [3.05, 3.63) is 62.8 Å². The summed E-state index contributed by atoms with van der Waals surface area (Å²) in [4.78, 5) is 29.6. The number of aryl methyl sites for hydroxylation is 2. The number of rotatable bonds is 7. The van der Waals surface area contributed by atoms with Gasteiger partial charge in [0.2, 0.25) is 5.91 Å². The molecule has 1 N–H and O–H groups in total. The first-order valence-electron chi connectivity index (χ1n) is 9.77. The van der Waals surface area contributed by atoms with E-state index in [0.29, 0.717) is 0 Å². The minimum atomic E-state index is -0.815. The molecular formula is C22H26N4O2S2. The molecule has 0 saturated heterocycles. The molecule has 158 valence electrons. The maximum Gasteiger partial charge on any atom is 0.280 e. The van der Waals surface area contributed by atoms with Gasteiger partial charge in [0.1, 0.15) is 0 Å². The second kappa shape index (κ2) is 9.06. The molecule has 2 heterocycles. The Morgan fingerprint density at radius 1 is 1.17 bits per heavy atom. The topological polar surface area (TPSA) is 75.2 Å². The Balaban J connectivity index is 2.19. The largest absolute Gasteiger partial charge is 0.349 e. The molecule has 0 aliphatic carbocycles. The second-order valence-electron chi connectivity index (χ2n) is 7.85. The zero-order valence-electron chi connectivity index (χ0n) is 17.8. The zero-order chi connectivity index (χ0) is 21.9. The number of nitrogens with one attached hydrogen (secondary N) is 1. The Hall–Kier alpha value is -2.58. The second-order valence-corrected chi connectivity index (χ2v) is 9.44. The molecule has 0 spiro atoms. The first kappa shape index (κ1) is 22.1. The van der Waals surface area contributed by atoms with E-state index in [1.807, 2.05) is 70.3 Å². The number of aromatic nitrogens is 2. The van der Waals surface area contributed by atoms with E-state index >= 15 is 0 Å². The van der Waals surface area contributed by atoms with E-state index in [0.717, 1.165) is 39.6 Å². The first-order valence-corrected chi connectivity index (χ1v) is 11.5. The fraction of sp³-hybridized carbons (Fsp3) is 0.364. The van der Waals surface area contributed by atoms with Crippen LogP contribution in [0.5, 0.6) is 0 Å². The van der Waals surface area contributed by atoms with Crippen LogP contribution in [-0.4, -0.2) is 26.9 Å². The summed E-state index contributed by atoms with van der Waals surface area (Å²) in [6.07, 6.45) is 0.767. The van der Waals surface area contributed by atoms with Gasteiger partial charge in [-0.15, -0.1) is 16.4 Å². The van der Waals surface area contributed by atoms with Crippen molar-refractivity contribution in [1.29, 1.82) is 0 Å². The summed E-state index contributed by atoms with van der Waals surface area (Å²) in [5.74, 6) is -0.563. The molecule has 0 fully saturated rings. The van der Waals surface area contributed by atoms with Crippen LogP contribution >= 0.6 is 22.9 Å². The lowest BCUT2D eigenvalue weighted by molar-refractivity contribution is -0.124. The molecule has 0 radical (unpaired) electrons. The maximum atomic E-state index is 13.6. The average molecular weight is 443 g/mol. The van der Waals surface area contributed by atoms with Crippen LogP contribution in [0.1, 0.15) is 59.7 Å². The van der Waals surface area contributed by atoms with E-state index in [2.05, 4.69) is 14.9 Å². The van der Waals surface area contributed by atoms with Crippen molar-refractivity contribution in [3.8, 4) is 0 Å². The monoisotopic (exact) mass is 442 g/mol. The summed E-state index contributed by atoms with van der Waals surface area (Å²) < 4.78 is 3.85. The molecule has 0 saturated carbocycles. The molecular weight excluding hydrogens is 416 g/mol. The molecule has 1 unspecified atom stereocenters. The van der Waals surface area contributed by atoms with Crippen LogP contribution < -0.4 is 10.2 Å². The molecule has 2 aromatic heterocycles. The molecule has 3 aromatic rings. The lowest BCUT2D eigenvalue weighted by atomic mass is 9.99. The van der Waals surface area contributed by atoms with Gasteiger partial charge in [0.05, 0.1) is 5.69 Å². The van der Waals surface area contributed by atoms with Gasteiger partial charge >= 0.3 is 0 Å². The van der Waals surface area contributed by atoms with E-state index in [4.69, 9.17) is 0 Å². The summed E-state index contributed by atoms with van der Waals surface area (Å²) in [6.45, 7) is 9.87. The number of carbonyl (C=O) groups is 2. The van der Waals surface area contributed by atoms with Crippen LogP contribution in [-0.2, 0) is 4.79 Å². The third-order valence-corrected chi connectivity index (χ3v) is 6.57. The third kappa shape index (κ3) is 4.60. The molecule has 30 heavy (non-hydrogen) atoms. The smallest absolute Gasteiger partial charge is 0.280 e. The highest BCUT2D eigenvalue weighted by Crippen LogP contribution is 2.36. The predicted octanol–water partition coefficient (Wildman–Crippen LogP) is 4.91. The Labute approximate surface area is 185 Å². The fourth-order valence-corrected chi connectivity index (χ4v) is 4.47. The van der Waals surface area contributed by atoms with Crippen molar-refractivity contribution >= 4 is 40.4 Å². The minimum absolute atomic E-state index is 0.219. The highest BCUT2D eigenvalue weighted by atomic mass is 32.1. The van der Waals surface area contributed by atoms with Crippen LogP contribution in [0, 0.1) is 13.8 Å². The number of nitrogens with zero attached hydrogens (tertiary/aromatic N) is 3. The van der Waals surface area contributed by atoms with Crippen molar-refractivity contribution < 1.29 is 9.59 Å². The van der Waals surface area contributed by atoms with E-state index in [-0.39, 0.29) is 17.5 Å². The maximum absolute atomic E-state index is 13.6. The molecule has 8 heteroatoms. The summed E-state index contributed by atoms with van der Waals surface area (Å²) in [7, 11) is 0. The highest BCUT2D eigenvalue weighted by molar-refractivity contribution is 7.10. The van der Waals surface area contributed by atoms with Crippen LogP contribution in [0.2, 0.25) is 0 Å². The van der Waals surface area contributed by atoms with Gasteiger partial charge in [-0.1, -0.05) is 35.7 Å². The molecule has 0 aliphatic heterocycles. The number of hydrogen-bond acceptors (Lipinski definition) is 6. The molecule has 6 nitrogen and oxygen atoms in total. The summed E-state index contributed by atoms with van der Waals surface area (Å²) in [6, 6.07) is 8.80. The minimum Gasteiger partial charge on any atom is -0.349 e. The van der Waals surface area contributed by atoms with Gasteiger partial charge in [-0.2, -0.15) is 0 Å². The summed E-state index contributed by atoms with van der Waals surface area (Å²) in [5, 5.41) is 10.6. The van der Waals surface area contributed by atoms with Gasteiger partial charge in [0.25, 0.3) is 5.91 Å². The molecule has 1 aromatic carbocycles. The number of para-hydroxylation sites is 1. The Kier molecular flexibility index (Phi) is 6.67. The number of hydrogen-bond donors (Lipinski definition) is 1. The molecule has 2 amide bonds. The van der Waals surface area contributed by atoms with Gasteiger partial charge in [-0.25, -0.2) is 0 Å². The fourth-order valence-electron chi connectivity index (χ4n) is 3.23. The van der Waals surface area contributed by atoms with E-state index in [1.54, 1.807) is 10.3 Å². The van der Waals surface area contributed by atoms with Gasteiger partial charge in [0.15, 0.2) is 11.7 Å². The normalized spacial score (nSPS) is 12.4. The van der Waals surface area contributed by atoms with Crippen molar-refractivity contribution in [1.82, 2.24) is 14.9 Å². The van der Waals surface area contributed by atoms with Crippen LogP contribution in [0.4, 0.5) is 5.69 Å². The van der Waals surface area contributed by atoms with Crippen molar-refractivity contribution in [2.75, 3.05) is 4.90 Å². The molecule has 3 rings (SSSR count). The number of thiophene rings is 1. The van der Waals surface area contributed by atoms with Gasteiger partial charge in [-0.3, -0.25) is 14.5 Å². The average Bonchev–Trinajstić information content (AvgIpc) is 3.40. The standard InChI is InChI=1S/C22H26N4O2S2/c1-6-22(4,5)23-20(27)19(17-11-8-12-29-17)26(21(28)16-13-30-25-24-16)18-14(2)9-7-10-15(18)3/h7-13,19H,6H2,1-5H3,(H,23,27). The van der Waals surface area contributed by atoms with E-state index in [1.165, 1.54) is 11.3 Å². The van der Waals surface area contributed by atoms with Crippen LogP contribution in [0.3, 0.4) is 0 Å². The van der Waals surface area contributed by atoms with Crippen molar-refractivity contribution in [3.63, 3.8) is 0 Å². The Bertz CT molecular complexity index is 994. The summed E-state index contributed by atoms with van der Waals surface area (Å²) in [5.41, 5.74) is 2.38.